The summed E-state index contributed by atoms with van der Waals surface area (Å²) in [7, 11) is 0. The van der Waals surface area contributed by atoms with Gasteiger partial charge in [-0.05, 0) is 49.4 Å². The van der Waals surface area contributed by atoms with Gasteiger partial charge in [-0.15, -0.1) is 0 Å². The smallest absolute Gasteiger partial charge is 0.276 e. The zero-order chi connectivity index (χ0) is 16.0. The number of aromatic hydroxyl groups is 1. The zero-order valence-electron chi connectivity index (χ0n) is 13.1. The summed E-state index contributed by atoms with van der Waals surface area (Å²) in [5.41, 5.74) is 0.113. The highest BCUT2D eigenvalue weighted by Crippen LogP contribution is 2.47. The van der Waals surface area contributed by atoms with Gasteiger partial charge in [0, 0.05) is 18.2 Å². The fourth-order valence-corrected chi connectivity index (χ4v) is 3.02. The van der Waals surface area contributed by atoms with E-state index in [2.05, 4.69) is 11.9 Å². The van der Waals surface area contributed by atoms with Crippen molar-refractivity contribution in [3.8, 4) is 5.75 Å². The summed E-state index contributed by atoms with van der Waals surface area (Å²) in [6.45, 7) is 2.65. The highest BCUT2D eigenvalue weighted by molar-refractivity contribution is 5.95. The molecule has 2 aromatic rings. The molecule has 5 heteroatoms. The zero-order valence-corrected chi connectivity index (χ0v) is 13.1. The monoisotopic (exact) mass is 312 g/mol. The van der Waals surface area contributed by atoms with Gasteiger partial charge in [0.15, 0.2) is 5.69 Å². The van der Waals surface area contributed by atoms with Crippen molar-refractivity contribution in [3.05, 3.63) is 47.7 Å². The maximum atomic E-state index is 12.7. The number of carbonyl (C=O) groups excluding carboxylic acids is 1. The molecule has 2 heterocycles. The van der Waals surface area contributed by atoms with Gasteiger partial charge in [0.1, 0.15) is 17.3 Å². The summed E-state index contributed by atoms with van der Waals surface area (Å²) >= 11 is 0. The van der Waals surface area contributed by atoms with Crippen LogP contribution in [0.3, 0.4) is 0 Å². The van der Waals surface area contributed by atoms with Crippen LogP contribution in [0.2, 0.25) is 0 Å². The molecule has 2 aliphatic rings. The van der Waals surface area contributed by atoms with Crippen molar-refractivity contribution < 1.29 is 14.3 Å². The lowest BCUT2D eigenvalue weighted by atomic mass is 10.2. The molecule has 1 N–H and O–H groups in total. The largest absolute Gasteiger partial charge is 0.505 e. The maximum absolute atomic E-state index is 12.7. The van der Waals surface area contributed by atoms with Crippen LogP contribution in [0.15, 0.2) is 34.9 Å². The van der Waals surface area contributed by atoms with E-state index in [1.54, 1.807) is 11.0 Å². The van der Waals surface area contributed by atoms with E-state index in [4.69, 9.17) is 4.42 Å². The lowest BCUT2D eigenvalue weighted by molar-refractivity contribution is 0.0707. The molecule has 120 valence electrons. The number of aromatic nitrogens is 1. The van der Waals surface area contributed by atoms with Crippen LogP contribution in [-0.2, 0) is 6.54 Å². The minimum atomic E-state index is -0.233. The Bertz CT molecular complexity index is 735. The average Bonchev–Trinajstić information content (AvgIpc) is 3.46. The molecule has 0 radical (unpaired) electrons. The second-order valence-corrected chi connectivity index (χ2v) is 6.66. The molecule has 2 atom stereocenters. The van der Waals surface area contributed by atoms with E-state index < -0.39 is 0 Å². The first kappa shape index (κ1) is 14.3. The number of hydrogen-bond acceptors (Lipinski definition) is 4. The Morgan fingerprint density at radius 3 is 2.83 bits per heavy atom. The van der Waals surface area contributed by atoms with Crippen LogP contribution >= 0.6 is 0 Å². The molecule has 5 nitrogen and oxygen atoms in total. The van der Waals surface area contributed by atoms with Gasteiger partial charge >= 0.3 is 0 Å². The third-order valence-corrected chi connectivity index (χ3v) is 4.72. The Balaban J connectivity index is 1.53. The number of pyridine rings is 1. The Hall–Kier alpha value is -2.30. The molecule has 0 unspecified atom stereocenters. The number of amides is 1. The molecular weight excluding hydrogens is 292 g/mol. The van der Waals surface area contributed by atoms with Gasteiger partial charge in [0.25, 0.3) is 5.91 Å². The number of nitrogens with zero attached hydrogens (tertiary/aromatic N) is 2. The number of furan rings is 1. The lowest BCUT2D eigenvalue weighted by Gasteiger charge is -2.21. The third-order valence-electron chi connectivity index (χ3n) is 4.72. The lowest BCUT2D eigenvalue weighted by Crippen LogP contribution is -2.33. The number of hydrogen-bond donors (Lipinski definition) is 1. The Morgan fingerprint density at radius 2 is 2.17 bits per heavy atom. The van der Waals surface area contributed by atoms with Gasteiger partial charge in [-0.25, -0.2) is 4.98 Å². The molecule has 4 rings (SSSR count). The highest BCUT2D eigenvalue weighted by Gasteiger charge is 2.38. The fraction of sp³-hybridized carbons (Fsp3) is 0.444. The Morgan fingerprint density at radius 1 is 1.39 bits per heavy atom. The van der Waals surface area contributed by atoms with E-state index in [1.165, 1.54) is 18.7 Å². The van der Waals surface area contributed by atoms with Crippen molar-refractivity contribution in [2.24, 2.45) is 5.92 Å². The van der Waals surface area contributed by atoms with Gasteiger partial charge in [0.2, 0.25) is 0 Å². The van der Waals surface area contributed by atoms with Crippen LogP contribution < -0.4 is 0 Å². The van der Waals surface area contributed by atoms with Gasteiger partial charge in [0.05, 0.1) is 6.54 Å². The summed E-state index contributed by atoms with van der Waals surface area (Å²) in [4.78, 5) is 18.5. The second-order valence-electron chi connectivity index (χ2n) is 6.66. The van der Waals surface area contributed by atoms with Crippen LogP contribution in [0.1, 0.15) is 54.1 Å². The first-order valence-electron chi connectivity index (χ1n) is 8.17. The molecule has 2 saturated carbocycles. The fourth-order valence-electron chi connectivity index (χ4n) is 3.02. The van der Waals surface area contributed by atoms with Gasteiger partial charge in [-0.3, -0.25) is 4.79 Å². The van der Waals surface area contributed by atoms with E-state index in [9.17, 15) is 9.90 Å². The predicted molar refractivity (Wildman–Crippen MR) is 84.0 cm³/mol. The van der Waals surface area contributed by atoms with Crippen molar-refractivity contribution in [2.75, 3.05) is 0 Å². The van der Waals surface area contributed by atoms with Crippen LogP contribution in [0.5, 0.6) is 5.75 Å². The molecule has 1 amide bonds. The SMILES string of the molecule is C[C@@H]1C[C@@H]1c1ccc(CN(C(=O)c2ncccc2O)C2CC2)o1. The van der Waals surface area contributed by atoms with Crippen LogP contribution in [0.25, 0.3) is 0 Å². The van der Waals surface area contributed by atoms with Gasteiger partial charge < -0.3 is 14.4 Å². The van der Waals surface area contributed by atoms with Crippen LogP contribution in [-0.4, -0.2) is 26.9 Å². The van der Waals surface area contributed by atoms with Crippen molar-refractivity contribution >= 4 is 5.91 Å². The topological polar surface area (TPSA) is 66.6 Å². The standard InChI is InChI=1S/C18H20N2O3/c1-11-9-14(11)16-7-6-13(23-16)10-20(12-4-5-12)18(22)17-15(21)3-2-8-19-17/h2-3,6-8,11-12,14,21H,4-5,9-10H2,1H3/t11-,14+/m1/s1. The molecule has 2 aromatic heterocycles. The number of rotatable bonds is 5. The van der Waals surface area contributed by atoms with Crippen LogP contribution in [0.4, 0.5) is 0 Å². The van der Waals surface area contributed by atoms with Crippen molar-refractivity contribution in [3.63, 3.8) is 0 Å². The van der Waals surface area contributed by atoms with E-state index in [1.807, 2.05) is 12.1 Å². The van der Waals surface area contributed by atoms with E-state index >= 15 is 0 Å². The third kappa shape index (κ3) is 2.83. The van der Waals surface area contributed by atoms with E-state index in [-0.39, 0.29) is 23.4 Å². The Labute approximate surface area is 134 Å². The minimum Gasteiger partial charge on any atom is -0.505 e. The first-order valence-corrected chi connectivity index (χ1v) is 8.17. The molecular formula is C18H20N2O3. The molecule has 0 bridgehead atoms. The molecule has 0 aromatic carbocycles. The van der Waals surface area contributed by atoms with Crippen molar-refractivity contribution in [1.29, 1.82) is 0 Å². The summed E-state index contributed by atoms with van der Waals surface area (Å²) in [5, 5.41) is 9.88. The van der Waals surface area contributed by atoms with Crippen molar-refractivity contribution in [2.45, 2.75) is 44.7 Å². The second kappa shape index (κ2) is 5.41. The molecule has 2 fully saturated rings. The Kier molecular flexibility index (Phi) is 3.36. The summed E-state index contributed by atoms with van der Waals surface area (Å²) < 4.78 is 5.93. The first-order chi connectivity index (χ1) is 11.1. The van der Waals surface area contributed by atoms with Crippen LogP contribution in [0, 0.1) is 5.92 Å². The molecule has 0 spiro atoms. The summed E-state index contributed by atoms with van der Waals surface area (Å²) in [5.74, 6) is 2.75. The average molecular weight is 312 g/mol. The molecule has 2 aliphatic carbocycles. The molecule has 23 heavy (non-hydrogen) atoms. The van der Waals surface area contributed by atoms with E-state index in [0.717, 1.165) is 24.4 Å². The number of carbonyl (C=O) groups is 1. The normalized spacial score (nSPS) is 22.8. The van der Waals surface area contributed by atoms with Gasteiger partial charge in [-0.1, -0.05) is 6.92 Å². The quantitative estimate of drug-likeness (QED) is 0.920. The molecule has 0 aliphatic heterocycles. The predicted octanol–water partition coefficient (Wildman–Crippen LogP) is 3.31. The van der Waals surface area contributed by atoms with Crippen molar-refractivity contribution in [1.82, 2.24) is 9.88 Å². The summed E-state index contributed by atoms with van der Waals surface area (Å²) in [6, 6.07) is 7.31. The molecule has 0 saturated heterocycles. The highest BCUT2D eigenvalue weighted by atomic mass is 16.3. The van der Waals surface area contributed by atoms with E-state index in [0.29, 0.717) is 18.4 Å². The summed E-state index contributed by atoms with van der Waals surface area (Å²) in [6.07, 6.45) is 4.69. The maximum Gasteiger partial charge on any atom is 0.276 e. The van der Waals surface area contributed by atoms with Gasteiger partial charge in [-0.2, -0.15) is 0 Å². The minimum absolute atomic E-state index is 0.0740.